The summed E-state index contributed by atoms with van der Waals surface area (Å²) in [6.45, 7) is 2.09. The minimum Gasteiger partial charge on any atom is -0.312 e. The molecule has 2 heteroatoms. The van der Waals surface area contributed by atoms with E-state index in [1.807, 2.05) is 6.26 Å². The lowest BCUT2D eigenvalue weighted by molar-refractivity contribution is 0.643. The van der Waals surface area contributed by atoms with Gasteiger partial charge >= 0.3 is 0 Å². The maximum absolute atomic E-state index is 3.37. The summed E-state index contributed by atoms with van der Waals surface area (Å²) >= 11 is 1.56. The maximum Gasteiger partial charge on any atom is 0.0257 e. The normalized spacial score (nSPS) is 14.1. The molecule has 0 radical (unpaired) electrons. The van der Waals surface area contributed by atoms with Crippen LogP contribution < -0.4 is 5.32 Å². The van der Waals surface area contributed by atoms with E-state index in [0.29, 0.717) is 0 Å². The van der Waals surface area contributed by atoms with Crippen molar-refractivity contribution in [2.24, 2.45) is 0 Å². The molecule has 1 aromatic carbocycles. The van der Waals surface area contributed by atoms with Crippen molar-refractivity contribution < 1.29 is 0 Å². The minimum atomic E-state index is 0.990. The molecule has 0 bridgehead atoms. The minimum absolute atomic E-state index is 0.990. The number of hydrogen-bond acceptors (Lipinski definition) is 2. The first-order valence-electron chi connectivity index (χ1n) is 4.76. The second kappa shape index (κ2) is 4.54. The molecule has 0 amide bonds. The van der Waals surface area contributed by atoms with Crippen molar-refractivity contribution in [3.05, 3.63) is 34.9 Å². The zero-order chi connectivity index (χ0) is 9.80. The highest BCUT2D eigenvalue weighted by molar-refractivity contribution is 8.03. The Bertz CT molecular complexity index is 387. The van der Waals surface area contributed by atoms with Gasteiger partial charge in [-0.15, -0.1) is 0 Å². The average Bonchev–Trinajstić information content (AvgIpc) is 2.26. The summed E-state index contributed by atoms with van der Waals surface area (Å²) in [5, 5.41) is 6.39. The molecular formula is C12H13NS. The van der Waals surface area contributed by atoms with Gasteiger partial charge in [0.2, 0.25) is 0 Å². The Morgan fingerprint density at radius 2 is 2.29 bits per heavy atom. The van der Waals surface area contributed by atoms with Crippen LogP contribution in [0.1, 0.15) is 16.7 Å². The standard InChI is InChI=1S/C12H13NS/c1-14-7-5-10-2-3-11-4-6-13-9-12(11)8-10/h2-3,8,13H,4,6,9H2,1H3. The van der Waals surface area contributed by atoms with Gasteiger partial charge in [-0.05, 0) is 47.7 Å². The van der Waals surface area contributed by atoms with Crippen molar-refractivity contribution >= 4 is 11.8 Å². The van der Waals surface area contributed by atoms with Gasteiger partial charge in [-0.1, -0.05) is 23.7 Å². The lowest BCUT2D eigenvalue weighted by atomic mass is 9.99. The second-order valence-electron chi connectivity index (χ2n) is 3.34. The molecule has 2 rings (SSSR count). The van der Waals surface area contributed by atoms with Gasteiger partial charge in [0.15, 0.2) is 0 Å². The summed E-state index contributed by atoms with van der Waals surface area (Å²) in [7, 11) is 0. The summed E-state index contributed by atoms with van der Waals surface area (Å²) in [6.07, 6.45) is 3.14. The number of fused-ring (bicyclic) bond motifs is 1. The van der Waals surface area contributed by atoms with Crippen LogP contribution >= 0.6 is 11.8 Å². The van der Waals surface area contributed by atoms with Gasteiger partial charge in [0.05, 0.1) is 0 Å². The van der Waals surface area contributed by atoms with E-state index in [4.69, 9.17) is 0 Å². The van der Waals surface area contributed by atoms with Crippen molar-refractivity contribution in [3.8, 4) is 11.2 Å². The highest BCUT2D eigenvalue weighted by Gasteiger charge is 2.07. The van der Waals surface area contributed by atoms with E-state index in [1.165, 1.54) is 11.1 Å². The summed E-state index contributed by atoms with van der Waals surface area (Å²) in [5.74, 6) is 3.13. The Hall–Kier alpha value is -0.910. The predicted octanol–water partition coefficient (Wildman–Crippen LogP) is 2.00. The molecular weight excluding hydrogens is 190 g/mol. The fourth-order valence-corrected chi connectivity index (χ4v) is 1.89. The Labute approximate surface area is 89.3 Å². The Morgan fingerprint density at radius 1 is 1.36 bits per heavy atom. The Morgan fingerprint density at radius 3 is 3.14 bits per heavy atom. The van der Waals surface area contributed by atoms with Crippen LogP contribution in [-0.2, 0) is 13.0 Å². The van der Waals surface area contributed by atoms with Gasteiger partial charge in [0.25, 0.3) is 0 Å². The molecule has 1 N–H and O–H groups in total. The average molecular weight is 203 g/mol. The van der Waals surface area contributed by atoms with Crippen molar-refractivity contribution in [2.45, 2.75) is 13.0 Å². The smallest absolute Gasteiger partial charge is 0.0257 e. The number of rotatable bonds is 0. The topological polar surface area (TPSA) is 12.0 Å². The molecule has 0 fully saturated rings. The lowest BCUT2D eigenvalue weighted by Crippen LogP contribution is -2.23. The van der Waals surface area contributed by atoms with Gasteiger partial charge in [-0.2, -0.15) is 0 Å². The molecule has 0 saturated carbocycles. The third kappa shape index (κ3) is 2.12. The molecule has 72 valence electrons. The SMILES string of the molecule is CSC#Cc1ccc2c(c1)CNCC2. The van der Waals surface area contributed by atoms with Crippen LogP contribution in [-0.4, -0.2) is 12.8 Å². The van der Waals surface area contributed by atoms with Crippen molar-refractivity contribution in [1.82, 2.24) is 5.32 Å². The second-order valence-corrected chi connectivity index (χ2v) is 3.95. The highest BCUT2D eigenvalue weighted by Crippen LogP contribution is 2.15. The molecule has 1 aromatic rings. The monoisotopic (exact) mass is 203 g/mol. The summed E-state index contributed by atoms with van der Waals surface area (Å²) in [6, 6.07) is 6.53. The van der Waals surface area contributed by atoms with E-state index >= 15 is 0 Å². The van der Waals surface area contributed by atoms with Gasteiger partial charge in [0.1, 0.15) is 0 Å². The number of nitrogens with one attached hydrogen (secondary N) is 1. The van der Waals surface area contributed by atoms with Crippen molar-refractivity contribution in [1.29, 1.82) is 0 Å². The van der Waals surface area contributed by atoms with E-state index in [-0.39, 0.29) is 0 Å². The third-order valence-electron chi connectivity index (χ3n) is 2.39. The van der Waals surface area contributed by atoms with E-state index in [9.17, 15) is 0 Å². The molecule has 1 aliphatic rings. The Balaban J connectivity index is 2.29. The van der Waals surface area contributed by atoms with E-state index in [0.717, 1.165) is 25.1 Å². The lowest BCUT2D eigenvalue weighted by Gasteiger charge is -2.16. The molecule has 0 aliphatic carbocycles. The number of benzene rings is 1. The summed E-state index contributed by atoms with van der Waals surface area (Å²) < 4.78 is 0. The maximum atomic E-state index is 3.37. The molecule has 0 saturated heterocycles. The van der Waals surface area contributed by atoms with Crippen LogP contribution in [0.4, 0.5) is 0 Å². The fraction of sp³-hybridized carbons (Fsp3) is 0.333. The first kappa shape index (κ1) is 9.64. The van der Waals surface area contributed by atoms with Crippen LogP contribution in [0.5, 0.6) is 0 Å². The summed E-state index contributed by atoms with van der Waals surface area (Å²) in [5.41, 5.74) is 4.00. The van der Waals surface area contributed by atoms with Gasteiger partial charge < -0.3 is 5.32 Å². The van der Waals surface area contributed by atoms with Gasteiger partial charge in [-0.3, -0.25) is 0 Å². The molecule has 1 aliphatic heterocycles. The zero-order valence-corrected chi connectivity index (χ0v) is 9.08. The molecule has 0 unspecified atom stereocenters. The number of thioether (sulfide) groups is 1. The molecule has 1 heterocycles. The molecule has 0 spiro atoms. The first-order valence-corrected chi connectivity index (χ1v) is 5.99. The summed E-state index contributed by atoms with van der Waals surface area (Å²) in [4.78, 5) is 0. The van der Waals surface area contributed by atoms with Crippen LogP contribution in [0.2, 0.25) is 0 Å². The van der Waals surface area contributed by atoms with Crippen molar-refractivity contribution in [2.75, 3.05) is 12.8 Å². The van der Waals surface area contributed by atoms with Crippen LogP contribution in [0.15, 0.2) is 18.2 Å². The molecule has 1 nitrogen and oxygen atoms in total. The van der Waals surface area contributed by atoms with Crippen molar-refractivity contribution in [3.63, 3.8) is 0 Å². The predicted molar refractivity (Wildman–Crippen MR) is 62.2 cm³/mol. The number of hydrogen-bond donors (Lipinski definition) is 1. The van der Waals surface area contributed by atoms with E-state index in [1.54, 1.807) is 11.8 Å². The quantitative estimate of drug-likeness (QED) is 0.647. The van der Waals surface area contributed by atoms with Crippen LogP contribution in [0.3, 0.4) is 0 Å². The van der Waals surface area contributed by atoms with Gasteiger partial charge in [0, 0.05) is 12.1 Å². The van der Waals surface area contributed by atoms with E-state index < -0.39 is 0 Å². The zero-order valence-electron chi connectivity index (χ0n) is 8.26. The van der Waals surface area contributed by atoms with Crippen LogP contribution in [0.25, 0.3) is 0 Å². The largest absolute Gasteiger partial charge is 0.312 e. The molecule has 14 heavy (non-hydrogen) atoms. The van der Waals surface area contributed by atoms with Gasteiger partial charge in [-0.25, -0.2) is 0 Å². The first-order chi connectivity index (χ1) is 6.90. The fourth-order valence-electron chi connectivity index (χ4n) is 1.67. The third-order valence-corrected chi connectivity index (χ3v) is 2.70. The Kier molecular flexibility index (Phi) is 3.13. The van der Waals surface area contributed by atoms with E-state index in [2.05, 4.69) is 34.7 Å². The highest BCUT2D eigenvalue weighted by atomic mass is 32.2. The molecule has 0 atom stereocenters. The van der Waals surface area contributed by atoms with Crippen LogP contribution in [0, 0.1) is 11.2 Å². The molecule has 0 aromatic heterocycles.